The summed E-state index contributed by atoms with van der Waals surface area (Å²) in [7, 11) is 3.33. The molecule has 0 aliphatic rings. The van der Waals surface area contributed by atoms with Crippen molar-refractivity contribution in [1.82, 2.24) is 59.8 Å². The van der Waals surface area contributed by atoms with Gasteiger partial charge in [0.15, 0.2) is 38.9 Å². The Bertz CT molecular complexity index is 7950. The molecule has 20 heteroatoms. The Hall–Kier alpha value is -17.1. The number of hydrogen-bond acceptors (Lipinski definition) is 19. The lowest BCUT2D eigenvalue weighted by Gasteiger charge is -2.11. The van der Waals surface area contributed by atoms with Crippen molar-refractivity contribution in [2.45, 2.75) is 18.7 Å². The number of rotatable bonds is 18. The van der Waals surface area contributed by atoms with Crippen LogP contribution in [-0.2, 0) is 9.84 Å². The fourth-order valence-electron chi connectivity index (χ4n) is 15.4. The Kier molecular flexibility index (Phi) is 25.1. The first-order valence-electron chi connectivity index (χ1n) is 42.5. The quantitative estimate of drug-likeness (QED) is 0.0725. The van der Waals surface area contributed by atoms with Crippen LogP contribution in [0.3, 0.4) is 0 Å². The van der Waals surface area contributed by atoms with Crippen LogP contribution in [0.2, 0.25) is 0 Å². The molecule has 0 bridgehead atoms. The molecule has 0 spiro atoms. The summed E-state index contributed by atoms with van der Waals surface area (Å²) in [6.07, 6.45) is 8.59. The molecule has 0 saturated heterocycles. The van der Waals surface area contributed by atoms with Gasteiger partial charge in [-0.15, -0.1) is 0 Å². The van der Waals surface area contributed by atoms with Crippen LogP contribution in [0.1, 0.15) is 22.8 Å². The Morgan fingerprint density at radius 3 is 0.826 bits per heavy atom. The summed E-state index contributed by atoms with van der Waals surface area (Å²) in [4.78, 5) is 70.0. The van der Waals surface area contributed by atoms with Gasteiger partial charge in [0, 0.05) is 103 Å². The van der Waals surface area contributed by atoms with Crippen molar-refractivity contribution in [1.29, 1.82) is 0 Å². The molecule has 0 fully saturated rings. The smallest absolute Gasteiger partial charge is 0.175 e. The van der Waals surface area contributed by atoms with Crippen LogP contribution in [0.4, 0.5) is 0 Å². The molecule has 0 amide bonds. The number of carbonyl (C=O) groups is 1. The highest BCUT2D eigenvalue weighted by Crippen LogP contribution is 2.39. The van der Waals surface area contributed by atoms with E-state index in [1.54, 1.807) is 65.8 Å². The molecule has 13 aromatic carbocycles. The third-order valence-electron chi connectivity index (χ3n) is 22.4. The van der Waals surface area contributed by atoms with Gasteiger partial charge in [0.25, 0.3) is 0 Å². The summed E-state index contributed by atoms with van der Waals surface area (Å²) in [6, 6.07) is 117. The van der Waals surface area contributed by atoms with E-state index in [9.17, 15) is 13.2 Å². The van der Waals surface area contributed by atoms with Gasteiger partial charge in [-0.25, -0.2) is 48.3 Å². The van der Waals surface area contributed by atoms with Gasteiger partial charge in [-0.1, -0.05) is 272 Å². The van der Waals surface area contributed by atoms with Crippen molar-refractivity contribution in [3.63, 3.8) is 0 Å². The molecular formula is C112H84N12O7S. The van der Waals surface area contributed by atoms with Gasteiger partial charge in [-0.3, -0.25) is 24.7 Å². The fourth-order valence-corrected chi connectivity index (χ4v) is 16.0. The maximum atomic E-state index is 11.8. The van der Waals surface area contributed by atoms with Crippen LogP contribution >= 0.6 is 0 Å². The number of fused-ring (bicyclic) bond motifs is 5. The maximum absolute atomic E-state index is 11.8. The minimum Gasteiger partial charge on any atom is -0.497 e. The van der Waals surface area contributed by atoms with Crippen molar-refractivity contribution in [3.8, 4) is 158 Å². The lowest BCUT2D eigenvalue weighted by molar-refractivity contribution is 0.101. The molecule has 0 saturated carbocycles. The van der Waals surface area contributed by atoms with E-state index in [1.165, 1.54) is 22.6 Å². The van der Waals surface area contributed by atoms with Crippen molar-refractivity contribution in [2.24, 2.45) is 0 Å². The molecule has 0 N–H and O–H groups in total. The zero-order chi connectivity index (χ0) is 90.6. The summed E-state index contributed by atoms with van der Waals surface area (Å²) in [5.74, 6) is 5.51. The van der Waals surface area contributed by atoms with E-state index < -0.39 is 9.84 Å². The molecule has 21 rings (SSSR count). The number of nitrogens with zero attached hydrogens (tertiary/aromatic N) is 12. The number of methoxy groups -OCH3 is 4. The van der Waals surface area contributed by atoms with E-state index in [4.69, 9.17) is 78.8 Å². The van der Waals surface area contributed by atoms with Gasteiger partial charge in [-0.05, 0) is 138 Å². The Morgan fingerprint density at radius 1 is 0.250 bits per heavy atom. The summed E-state index contributed by atoms with van der Waals surface area (Å²) < 4.78 is 45.2. The van der Waals surface area contributed by atoms with Gasteiger partial charge in [0.2, 0.25) is 0 Å². The molecule has 0 aliphatic carbocycles. The number of aryl methyl sites for hydroxylation is 1. The first-order chi connectivity index (χ1) is 64.5. The molecule has 640 valence electrons. The zero-order valence-corrected chi connectivity index (χ0v) is 73.8. The Balaban J connectivity index is 0.000000118. The van der Waals surface area contributed by atoms with Gasteiger partial charge in [0.05, 0.1) is 55.4 Å². The maximum Gasteiger partial charge on any atom is 0.175 e. The van der Waals surface area contributed by atoms with E-state index in [1.807, 2.05) is 261 Å². The molecule has 8 heterocycles. The fraction of sp³-hybridized carbons (Fsp3) is 0.0625. The zero-order valence-electron chi connectivity index (χ0n) is 73.0. The number of hydrogen-bond donors (Lipinski definition) is 0. The minimum absolute atomic E-state index is 0.0429. The van der Waals surface area contributed by atoms with Crippen LogP contribution in [-0.4, -0.2) is 109 Å². The van der Waals surface area contributed by atoms with E-state index in [-0.39, 0.29) is 10.7 Å². The van der Waals surface area contributed by atoms with Crippen LogP contribution < -0.4 is 18.9 Å². The van der Waals surface area contributed by atoms with E-state index in [2.05, 4.69) is 97.9 Å². The largest absolute Gasteiger partial charge is 0.497 e. The predicted octanol–water partition coefficient (Wildman–Crippen LogP) is 25.2. The number of benzene rings is 13. The number of sulfone groups is 1. The van der Waals surface area contributed by atoms with Crippen LogP contribution in [0.15, 0.2) is 388 Å². The predicted molar refractivity (Wildman–Crippen MR) is 526 cm³/mol. The molecule has 0 atom stereocenters. The monoisotopic (exact) mass is 1740 g/mol. The van der Waals surface area contributed by atoms with Gasteiger partial charge in [0.1, 0.15) is 67.8 Å². The first-order valence-corrected chi connectivity index (χ1v) is 44.4. The van der Waals surface area contributed by atoms with Gasteiger partial charge in [-0.2, -0.15) is 0 Å². The molecule has 0 aliphatic heterocycles. The number of Topliss-reactive ketones (excluding diaryl/α,β-unsaturated/α-hetero) is 1. The Morgan fingerprint density at radius 2 is 0.523 bits per heavy atom. The van der Waals surface area contributed by atoms with E-state index in [0.29, 0.717) is 39.9 Å². The average Bonchev–Trinajstić information content (AvgIpc) is 0.780. The number of pyridine rings is 4. The van der Waals surface area contributed by atoms with Crippen LogP contribution in [0, 0.1) is 6.92 Å². The van der Waals surface area contributed by atoms with Crippen LogP contribution in [0.25, 0.3) is 190 Å². The summed E-state index contributed by atoms with van der Waals surface area (Å²) in [6.45, 7) is 3.65. The van der Waals surface area contributed by atoms with Gasteiger partial charge >= 0.3 is 0 Å². The third-order valence-corrected chi connectivity index (χ3v) is 23.5. The topological polar surface area (TPSA) is 243 Å². The van der Waals surface area contributed by atoms with Gasteiger partial charge < -0.3 is 18.9 Å². The standard InChI is InChI=1S/C30H21N3O.C28H21N3O2.C27H21N3O3S.C27H21N3O/c1-34-26-13-7-12-24(17-26)30-32-27-18-25(23-15-14-20-8-5-6-11-22(20)16-23)19-31-29(27)28(33-30)21-9-3-2-4-10-21;1-18(32)19-11-13-20(14-12-19)23-16-25-27(29-17-23)26(21-7-4-3-5-8-21)31-28(30-25)22-9-6-10-24(15-22)33-2;1-33-22-10-6-9-20(15-22)27-29-24-16-21(18-11-13-23(14-12-18)34(2,31)32)17-28-26(24)25(30-27)19-7-4-3-5-8-19;1-18-11-13-19(14-12-18)22-16-24-26(28-17-22)25(20-7-4-3-5-8-20)30-27(29-24)21-9-6-10-23(15-21)31-2/h2-19H,1H3;3-17H,1-2H3;3-17H,1-2H3;3-17H,1-2H3. The number of ether oxygens (including phenoxy) is 4. The molecule has 132 heavy (non-hydrogen) atoms. The SMILES string of the molecule is COc1cccc(-c2nc(-c3ccccc3)c3ncc(-c4ccc(C(C)=O)cc4)cc3n2)c1.COc1cccc(-c2nc(-c3ccccc3)c3ncc(-c4ccc(C)cc4)cc3n2)c1.COc1cccc(-c2nc(-c3ccccc3)c3ncc(-c4ccc(S(C)(=O)=O)cc4)cc3n2)c1.COc1cccc(-c2nc(-c3ccccc3)c3ncc(-c4ccc5ccccc5c4)cc3n2)c1. The molecular weight excluding hydrogens is 1660 g/mol. The lowest BCUT2D eigenvalue weighted by Crippen LogP contribution is -1.98. The molecule has 21 aromatic rings. The number of aromatic nitrogens is 12. The average molecular weight is 1740 g/mol. The molecule has 0 unspecified atom stereocenters. The molecule has 8 aromatic heterocycles. The first kappa shape index (κ1) is 85.7. The van der Waals surface area contributed by atoms with Crippen molar-refractivity contribution < 1.29 is 32.2 Å². The highest BCUT2D eigenvalue weighted by atomic mass is 32.2. The third kappa shape index (κ3) is 19.3. The second-order valence-electron chi connectivity index (χ2n) is 31.2. The second kappa shape index (κ2) is 38.6. The summed E-state index contributed by atoms with van der Waals surface area (Å²) in [5.41, 5.74) is 26.4. The summed E-state index contributed by atoms with van der Waals surface area (Å²) in [5, 5.41) is 2.42. The highest BCUT2D eigenvalue weighted by molar-refractivity contribution is 7.90. The molecule has 19 nitrogen and oxygen atoms in total. The van der Waals surface area contributed by atoms with Crippen molar-refractivity contribution >= 4 is 70.5 Å². The van der Waals surface area contributed by atoms with Crippen molar-refractivity contribution in [3.05, 3.63) is 394 Å². The number of ketones is 1. The number of carbonyl (C=O) groups excluding carboxylic acids is 1. The van der Waals surface area contributed by atoms with E-state index >= 15 is 0 Å². The van der Waals surface area contributed by atoms with E-state index in [0.717, 1.165) is 168 Å². The summed E-state index contributed by atoms with van der Waals surface area (Å²) >= 11 is 0. The highest BCUT2D eigenvalue weighted by Gasteiger charge is 2.22. The lowest BCUT2D eigenvalue weighted by atomic mass is 10.0. The minimum atomic E-state index is -3.26. The Labute approximate surface area is 763 Å². The van der Waals surface area contributed by atoms with Crippen LogP contribution in [0.5, 0.6) is 23.0 Å². The normalized spacial score (nSPS) is 11.1. The molecule has 0 radical (unpaired) electrons. The van der Waals surface area contributed by atoms with Crippen molar-refractivity contribution in [2.75, 3.05) is 34.7 Å². The second-order valence-corrected chi connectivity index (χ2v) is 33.2.